The minimum absolute atomic E-state index is 0.596. The number of likely N-dealkylation sites (tertiary alicyclic amines) is 1. The lowest BCUT2D eigenvalue weighted by atomic mass is 9.75. The van der Waals surface area contributed by atoms with E-state index in [1.807, 2.05) is 6.07 Å². The highest BCUT2D eigenvalue weighted by molar-refractivity contribution is 5.28. The van der Waals surface area contributed by atoms with Gasteiger partial charge in [0.15, 0.2) is 0 Å². The van der Waals surface area contributed by atoms with E-state index in [4.69, 9.17) is 4.74 Å². The minimum Gasteiger partial charge on any atom is -0.497 e. The third-order valence-corrected chi connectivity index (χ3v) is 4.16. The van der Waals surface area contributed by atoms with Gasteiger partial charge >= 0.3 is 0 Å². The average Bonchev–Trinajstić information content (AvgIpc) is 2.33. The van der Waals surface area contributed by atoms with Crippen molar-refractivity contribution in [3.8, 4) is 5.75 Å². The molecule has 17 heavy (non-hydrogen) atoms. The zero-order valence-electron chi connectivity index (χ0n) is 11.2. The van der Waals surface area contributed by atoms with E-state index >= 15 is 0 Å². The molecule has 0 aliphatic carbocycles. The van der Waals surface area contributed by atoms with Crippen LogP contribution in [0.3, 0.4) is 0 Å². The number of methoxy groups -OCH3 is 1. The predicted molar refractivity (Wildman–Crippen MR) is 71.3 cm³/mol. The Kier molecular flexibility index (Phi) is 3.72. The highest BCUT2D eigenvalue weighted by Crippen LogP contribution is 2.37. The molecule has 1 heterocycles. The van der Waals surface area contributed by atoms with Crippen LogP contribution in [0.15, 0.2) is 24.3 Å². The Morgan fingerprint density at radius 2 is 1.94 bits per heavy atom. The first-order valence-corrected chi connectivity index (χ1v) is 6.56. The van der Waals surface area contributed by atoms with Crippen LogP contribution < -0.4 is 4.74 Å². The van der Waals surface area contributed by atoms with Crippen molar-refractivity contribution in [1.29, 1.82) is 0 Å². The number of hydrogen-bond donors (Lipinski definition) is 0. The second kappa shape index (κ2) is 5.09. The van der Waals surface area contributed by atoms with Gasteiger partial charge < -0.3 is 4.74 Å². The molecule has 0 aromatic heterocycles. The molecule has 0 unspecified atom stereocenters. The Morgan fingerprint density at radius 1 is 1.24 bits per heavy atom. The fraction of sp³-hybridized carbons (Fsp3) is 0.600. The van der Waals surface area contributed by atoms with Crippen molar-refractivity contribution >= 4 is 0 Å². The normalized spacial score (nSPS) is 18.8. The lowest BCUT2D eigenvalue weighted by Crippen LogP contribution is -2.54. The predicted octanol–water partition coefficient (Wildman–Crippen LogP) is 3.32. The summed E-state index contributed by atoms with van der Waals surface area (Å²) in [6.07, 6.45) is 2.61. The Morgan fingerprint density at radius 3 is 2.53 bits per heavy atom. The summed E-state index contributed by atoms with van der Waals surface area (Å²) in [7, 11) is 1.72. The Hall–Kier alpha value is -1.02. The molecule has 2 rings (SSSR count). The summed E-state index contributed by atoms with van der Waals surface area (Å²) >= 11 is 0. The highest BCUT2D eigenvalue weighted by atomic mass is 16.5. The van der Waals surface area contributed by atoms with Crippen LogP contribution in [0.1, 0.15) is 32.3 Å². The van der Waals surface area contributed by atoms with Gasteiger partial charge in [0.05, 0.1) is 7.11 Å². The van der Waals surface area contributed by atoms with Crippen molar-refractivity contribution < 1.29 is 4.74 Å². The van der Waals surface area contributed by atoms with Crippen LogP contribution in [0.25, 0.3) is 0 Å². The molecular formula is C15H23NO. The van der Waals surface area contributed by atoms with E-state index in [0.29, 0.717) is 5.41 Å². The first-order valence-electron chi connectivity index (χ1n) is 6.56. The maximum atomic E-state index is 5.25. The van der Waals surface area contributed by atoms with Crippen LogP contribution in [0.5, 0.6) is 5.75 Å². The SMILES string of the molecule is CCC1(CC)CN(Cc2cccc(OC)c2)C1. The zero-order valence-corrected chi connectivity index (χ0v) is 11.2. The minimum atomic E-state index is 0.596. The molecule has 2 nitrogen and oxygen atoms in total. The molecule has 0 N–H and O–H groups in total. The van der Waals surface area contributed by atoms with Gasteiger partial charge in [-0.25, -0.2) is 0 Å². The third kappa shape index (κ3) is 2.63. The molecular weight excluding hydrogens is 210 g/mol. The first kappa shape index (κ1) is 12.4. The van der Waals surface area contributed by atoms with Gasteiger partial charge in [0.2, 0.25) is 0 Å². The average molecular weight is 233 g/mol. The van der Waals surface area contributed by atoms with E-state index < -0.39 is 0 Å². The van der Waals surface area contributed by atoms with Crippen molar-refractivity contribution in [1.82, 2.24) is 4.90 Å². The van der Waals surface area contributed by atoms with Crippen molar-refractivity contribution in [3.63, 3.8) is 0 Å². The Labute approximate surface area is 105 Å². The fourth-order valence-corrected chi connectivity index (χ4v) is 2.74. The number of rotatable bonds is 5. The summed E-state index contributed by atoms with van der Waals surface area (Å²) in [6, 6.07) is 8.39. The van der Waals surface area contributed by atoms with Gasteiger partial charge in [-0.1, -0.05) is 26.0 Å². The van der Waals surface area contributed by atoms with Gasteiger partial charge in [0.25, 0.3) is 0 Å². The van der Waals surface area contributed by atoms with Crippen LogP contribution in [0.4, 0.5) is 0 Å². The molecule has 1 fully saturated rings. The maximum absolute atomic E-state index is 5.25. The van der Waals surface area contributed by atoms with Crippen LogP contribution in [-0.4, -0.2) is 25.1 Å². The van der Waals surface area contributed by atoms with E-state index in [2.05, 4.69) is 36.9 Å². The lowest BCUT2D eigenvalue weighted by molar-refractivity contribution is -0.0120. The standard InChI is InChI=1S/C15H23NO/c1-4-15(5-2)11-16(12-15)10-13-7-6-8-14(9-13)17-3/h6-9H,4-5,10-12H2,1-3H3. The summed E-state index contributed by atoms with van der Waals surface area (Å²) in [4.78, 5) is 2.53. The quantitative estimate of drug-likeness (QED) is 0.773. The molecule has 0 saturated carbocycles. The largest absolute Gasteiger partial charge is 0.497 e. The number of ether oxygens (including phenoxy) is 1. The van der Waals surface area contributed by atoms with Crippen LogP contribution in [0.2, 0.25) is 0 Å². The lowest BCUT2D eigenvalue weighted by Gasteiger charge is -2.50. The van der Waals surface area contributed by atoms with Gasteiger partial charge in [0.1, 0.15) is 5.75 Å². The first-order chi connectivity index (χ1) is 8.21. The molecule has 0 atom stereocenters. The Balaban J connectivity index is 1.91. The molecule has 1 aliphatic heterocycles. The van der Waals surface area contributed by atoms with Crippen molar-refractivity contribution in [3.05, 3.63) is 29.8 Å². The summed E-state index contributed by atoms with van der Waals surface area (Å²) < 4.78 is 5.25. The highest BCUT2D eigenvalue weighted by Gasteiger charge is 2.39. The van der Waals surface area contributed by atoms with Crippen LogP contribution in [-0.2, 0) is 6.54 Å². The van der Waals surface area contributed by atoms with E-state index in [1.165, 1.54) is 31.5 Å². The third-order valence-electron chi connectivity index (χ3n) is 4.16. The number of hydrogen-bond acceptors (Lipinski definition) is 2. The molecule has 1 saturated heterocycles. The summed E-state index contributed by atoms with van der Waals surface area (Å²) in [5.41, 5.74) is 1.95. The fourth-order valence-electron chi connectivity index (χ4n) is 2.74. The molecule has 0 amide bonds. The second-order valence-corrected chi connectivity index (χ2v) is 5.20. The van der Waals surface area contributed by atoms with Gasteiger partial charge in [-0.15, -0.1) is 0 Å². The van der Waals surface area contributed by atoms with Crippen molar-refractivity contribution in [2.75, 3.05) is 20.2 Å². The maximum Gasteiger partial charge on any atom is 0.119 e. The van der Waals surface area contributed by atoms with Crippen molar-refractivity contribution in [2.24, 2.45) is 5.41 Å². The van der Waals surface area contributed by atoms with Gasteiger partial charge in [-0.2, -0.15) is 0 Å². The van der Waals surface area contributed by atoms with Gasteiger partial charge in [-0.3, -0.25) is 4.90 Å². The van der Waals surface area contributed by atoms with Crippen molar-refractivity contribution in [2.45, 2.75) is 33.2 Å². The molecule has 94 valence electrons. The van der Waals surface area contributed by atoms with E-state index in [9.17, 15) is 0 Å². The molecule has 0 radical (unpaired) electrons. The van der Waals surface area contributed by atoms with E-state index in [1.54, 1.807) is 7.11 Å². The number of nitrogens with zero attached hydrogens (tertiary/aromatic N) is 1. The summed E-state index contributed by atoms with van der Waals surface area (Å²) in [5, 5.41) is 0. The van der Waals surface area contributed by atoms with Crippen LogP contribution >= 0.6 is 0 Å². The molecule has 1 aliphatic rings. The number of benzene rings is 1. The molecule has 1 aromatic carbocycles. The van der Waals surface area contributed by atoms with E-state index in [0.717, 1.165) is 12.3 Å². The van der Waals surface area contributed by atoms with Gasteiger partial charge in [0, 0.05) is 19.6 Å². The molecule has 2 heteroatoms. The molecule has 1 aromatic rings. The topological polar surface area (TPSA) is 12.5 Å². The zero-order chi connectivity index (χ0) is 12.3. The molecule has 0 bridgehead atoms. The van der Waals surface area contributed by atoms with Crippen LogP contribution in [0, 0.1) is 5.41 Å². The molecule has 0 spiro atoms. The van der Waals surface area contributed by atoms with Gasteiger partial charge in [-0.05, 0) is 36.0 Å². The van der Waals surface area contributed by atoms with E-state index in [-0.39, 0.29) is 0 Å². The Bertz CT molecular complexity index is 363. The second-order valence-electron chi connectivity index (χ2n) is 5.20. The summed E-state index contributed by atoms with van der Waals surface area (Å²) in [6.45, 7) is 8.17. The summed E-state index contributed by atoms with van der Waals surface area (Å²) in [5.74, 6) is 0.959. The smallest absolute Gasteiger partial charge is 0.119 e. The monoisotopic (exact) mass is 233 g/mol.